The lowest BCUT2D eigenvalue weighted by atomic mass is 9.97. The summed E-state index contributed by atoms with van der Waals surface area (Å²) in [5.74, 6) is -0.610. The molecule has 0 aliphatic carbocycles. The average molecular weight is 237 g/mol. The van der Waals surface area contributed by atoms with Crippen LogP contribution in [-0.4, -0.2) is 20.7 Å². The van der Waals surface area contributed by atoms with Gasteiger partial charge >= 0.3 is 0 Å². The third-order valence-corrected chi connectivity index (χ3v) is 2.42. The highest BCUT2D eigenvalue weighted by molar-refractivity contribution is 5.71. The molecule has 0 atom stereocenters. The molecule has 1 rings (SSSR count). The second-order valence-corrected chi connectivity index (χ2v) is 4.34. The van der Waals surface area contributed by atoms with Gasteiger partial charge in [0, 0.05) is 0 Å². The Morgan fingerprint density at radius 3 is 2.71 bits per heavy atom. The van der Waals surface area contributed by atoms with Crippen LogP contribution in [0.1, 0.15) is 26.5 Å². The quantitative estimate of drug-likeness (QED) is 0.788. The van der Waals surface area contributed by atoms with E-state index in [-0.39, 0.29) is 11.6 Å². The minimum atomic E-state index is -0.988. The predicted octanol–water partition coefficient (Wildman–Crippen LogP) is 1.93. The predicted molar refractivity (Wildman–Crippen MR) is 65.5 cm³/mol. The molecule has 0 fully saturated rings. The minimum Gasteiger partial charge on any atom is -0.386 e. The summed E-state index contributed by atoms with van der Waals surface area (Å²) >= 11 is 0. The van der Waals surface area contributed by atoms with Crippen LogP contribution in [0.4, 0.5) is 10.3 Å². The Morgan fingerprint density at radius 2 is 2.18 bits per heavy atom. The Bertz CT molecular complexity index is 475. The van der Waals surface area contributed by atoms with E-state index in [1.165, 1.54) is 0 Å². The van der Waals surface area contributed by atoms with Gasteiger partial charge in [0.1, 0.15) is 5.69 Å². The smallest absolute Gasteiger partial charge is 0.220 e. The molecule has 92 valence electrons. The molecule has 3 N–H and O–H groups in total. The normalized spacial score (nSPS) is 12.6. The molecule has 0 saturated heterocycles. The summed E-state index contributed by atoms with van der Waals surface area (Å²) in [5, 5.41) is 9.75. The fourth-order valence-corrected chi connectivity index (χ4v) is 1.11. The van der Waals surface area contributed by atoms with Gasteiger partial charge in [-0.1, -0.05) is 12.7 Å². The van der Waals surface area contributed by atoms with Crippen molar-refractivity contribution in [2.75, 3.05) is 5.73 Å². The van der Waals surface area contributed by atoms with Crippen LogP contribution in [0, 0.1) is 5.82 Å². The summed E-state index contributed by atoms with van der Waals surface area (Å²) in [6.45, 7) is 8.71. The number of nitrogens with zero attached hydrogens (tertiary/aromatic N) is 2. The summed E-state index contributed by atoms with van der Waals surface area (Å²) in [4.78, 5) is 7.30. The first-order valence-electron chi connectivity index (χ1n) is 5.10. The molecule has 0 aromatic carbocycles. The number of hydrogen-bond donors (Lipinski definition) is 2. The van der Waals surface area contributed by atoms with Gasteiger partial charge in [-0.2, -0.15) is 0 Å². The first-order chi connectivity index (χ1) is 7.71. The standard InChI is InChI=1S/C12H16FN3O/c1-7(5-8(2)12(3,4)17)10-9(13)6-15-11(14)16-10/h5-6,17H,1H2,2-4H3,(H2,14,15,16)/b8-5+. The van der Waals surface area contributed by atoms with Gasteiger partial charge < -0.3 is 10.8 Å². The van der Waals surface area contributed by atoms with Gasteiger partial charge in [-0.3, -0.25) is 0 Å². The van der Waals surface area contributed by atoms with E-state index < -0.39 is 11.4 Å². The molecule has 0 unspecified atom stereocenters. The number of allylic oxidation sites excluding steroid dienone is 2. The summed E-state index contributed by atoms with van der Waals surface area (Å²) in [6, 6.07) is 0. The third kappa shape index (κ3) is 3.35. The van der Waals surface area contributed by atoms with Crippen LogP contribution in [0.3, 0.4) is 0 Å². The van der Waals surface area contributed by atoms with Gasteiger partial charge in [0.25, 0.3) is 0 Å². The summed E-state index contributed by atoms with van der Waals surface area (Å²) < 4.78 is 13.4. The average Bonchev–Trinajstić information content (AvgIpc) is 2.20. The fraction of sp³-hybridized carbons (Fsp3) is 0.333. The highest BCUT2D eigenvalue weighted by Crippen LogP contribution is 2.21. The number of aliphatic hydroxyl groups is 1. The van der Waals surface area contributed by atoms with Crippen LogP contribution in [0.2, 0.25) is 0 Å². The van der Waals surface area contributed by atoms with Crippen LogP contribution in [0.5, 0.6) is 0 Å². The molecule has 1 heterocycles. The summed E-state index contributed by atoms with van der Waals surface area (Å²) in [7, 11) is 0. The number of halogens is 1. The Labute approximate surface area is 99.7 Å². The van der Waals surface area contributed by atoms with Gasteiger partial charge in [-0.25, -0.2) is 14.4 Å². The highest BCUT2D eigenvalue weighted by atomic mass is 19.1. The number of aromatic nitrogens is 2. The zero-order valence-electron chi connectivity index (χ0n) is 10.2. The molecule has 0 bridgehead atoms. The van der Waals surface area contributed by atoms with E-state index in [1.807, 2.05) is 0 Å². The molecule has 1 aromatic rings. The SMILES string of the molecule is C=C(/C=C(\C)C(C)(C)O)c1nc(N)ncc1F. The Morgan fingerprint density at radius 1 is 1.59 bits per heavy atom. The van der Waals surface area contributed by atoms with Crippen molar-refractivity contribution in [3.63, 3.8) is 0 Å². The van der Waals surface area contributed by atoms with Gasteiger partial charge in [0.05, 0.1) is 11.8 Å². The van der Waals surface area contributed by atoms with E-state index in [2.05, 4.69) is 16.5 Å². The monoisotopic (exact) mass is 237 g/mol. The van der Waals surface area contributed by atoms with Crippen LogP contribution in [0.25, 0.3) is 5.57 Å². The maximum Gasteiger partial charge on any atom is 0.220 e. The van der Waals surface area contributed by atoms with E-state index >= 15 is 0 Å². The minimum absolute atomic E-state index is 0.0168. The van der Waals surface area contributed by atoms with E-state index in [1.54, 1.807) is 26.8 Å². The Hall–Kier alpha value is -1.75. The summed E-state index contributed by atoms with van der Waals surface area (Å²) in [6.07, 6.45) is 2.57. The van der Waals surface area contributed by atoms with E-state index in [4.69, 9.17) is 5.73 Å². The van der Waals surface area contributed by atoms with Gasteiger partial charge in [0.15, 0.2) is 5.82 Å². The fourth-order valence-electron chi connectivity index (χ4n) is 1.11. The lowest BCUT2D eigenvalue weighted by Gasteiger charge is -2.18. The number of anilines is 1. The highest BCUT2D eigenvalue weighted by Gasteiger charge is 2.16. The van der Waals surface area contributed by atoms with Crippen LogP contribution in [-0.2, 0) is 0 Å². The second kappa shape index (κ2) is 4.63. The number of nitrogen functional groups attached to an aromatic ring is 1. The Balaban J connectivity index is 3.10. The Kier molecular flexibility index (Phi) is 3.63. The molecule has 0 aliphatic rings. The van der Waals surface area contributed by atoms with Crippen molar-refractivity contribution in [3.8, 4) is 0 Å². The van der Waals surface area contributed by atoms with Crippen molar-refractivity contribution < 1.29 is 9.50 Å². The zero-order chi connectivity index (χ0) is 13.2. The molecule has 0 radical (unpaired) electrons. The maximum absolute atomic E-state index is 13.4. The van der Waals surface area contributed by atoms with Crippen molar-refractivity contribution in [3.05, 3.63) is 35.9 Å². The molecule has 0 saturated carbocycles. The number of rotatable bonds is 3. The lowest BCUT2D eigenvalue weighted by Crippen LogP contribution is -2.20. The number of nitrogens with two attached hydrogens (primary N) is 1. The van der Waals surface area contributed by atoms with Crippen molar-refractivity contribution in [1.29, 1.82) is 0 Å². The third-order valence-electron chi connectivity index (χ3n) is 2.42. The lowest BCUT2D eigenvalue weighted by molar-refractivity contribution is 0.120. The van der Waals surface area contributed by atoms with Crippen molar-refractivity contribution >= 4 is 11.5 Å². The first kappa shape index (κ1) is 13.3. The van der Waals surface area contributed by atoms with E-state index in [9.17, 15) is 9.50 Å². The molecular weight excluding hydrogens is 221 g/mol. The van der Waals surface area contributed by atoms with Crippen LogP contribution >= 0.6 is 0 Å². The maximum atomic E-state index is 13.4. The van der Waals surface area contributed by atoms with Crippen molar-refractivity contribution in [2.24, 2.45) is 0 Å². The van der Waals surface area contributed by atoms with Gasteiger partial charge in [-0.05, 0) is 31.9 Å². The molecular formula is C12H16FN3O. The largest absolute Gasteiger partial charge is 0.386 e. The van der Waals surface area contributed by atoms with Crippen LogP contribution < -0.4 is 5.73 Å². The molecule has 0 amide bonds. The first-order valence-corrected chi connectivity index (χ1v) is 5.10. The molecule has 17 heavy (non-hydrogen) atoms. The van der Waals surface area contributed by atoms with Crippen molar-refractivity contribution in [2.45, 2.75) is 26.4 Å². The topological polar surface area (TPSA) is 72.0 Å². The van der Waals surface area contributed by atoms with E-state index in [0.717, 1.165) is 6.20 Å². The van der Waals surface area contributed by atoms with E-state index in [0.29, 0.717) is 11.1 Å². The molecule has 5 heteroatoms. The molecule has 4 nitrogen and oxygen atoms in total. The molecule has 1 aromatic heterocycles. The second-order valence-electron chi connectivity index (χ2n) is 4.34. The molecule has 0 spiro atoms. The molecule has 0 aliphatic heterocycles. The number of hydrogen-bond acceptors (Lipinski definition) is 4. The van der Waals surface area contributed by atoms with Gasteiger partial charge in [-0.15, -0.1) is 0 Å². The summed E-state index contributed by atoms with van der Waals surface area (Å²) in [5.41, 5.74) is 5.43. The van der Waals surface area contributed by atoms with Crippen molar-refractivity contribution in [1.82, 2.24) is 9.97 Å². The zero-order valence-corrected chi connectivity index (χ0v) is 10.2. The van der Waals surface area contributed by atoms with Crippen LogP contribution in [0.15, 0.2) is 24.4 Å². The van der Waals surface area contributed by atoms with Gasteiger partial charge in [0.2, 0.25) is 5.95 Å².